The monoisotopic (exact) mass is 684 g/mol. The second-order valence-corrected chi connectivity index (χ2v) is 13.8. The summed E-state index contributed by atoms with van der Waals surface area (Å²) in [5.74, 6) is 2.53. The molecule has 10 aromatic rings. The van der Waals surface area contributed by atoms with Crippen LogP contribution in [0.15, 0.2) is 174 Å². The molecule has 0 saturated carbocycles. The second kappa shape index (κ2) is 12.5. The Bertz CT molecular complexity index is 2900. The third-order valence-corrected chi connectivity index (χ3v) is 10.5. The van der Waals surface area contributed by atoms with Crippen LogP contribution in [0.1, 0.15) is 0 Å². The highest BCUT2D eigenvalue weighted by molar-refractivity contribution is 7.26. The standard InChI is InChI=1S/C46H28N4OS/c1-4-12-29(13-5-1)32-18-10-20-35(26-32)44-48-43(30-14-6-2-7-15-30)49-45(50-44)36-21-11-19-33(27-36)34-22-23-37-40(28-34)52-39-25-24-38-42(41(37)39)51-46(47-38)31-16-8-3-9-17-31/h1-28H. The Morgan fingerprint density at radius 3 is 1.54 bits per heavy atom. The van der Waals surface area contributed by atoms with Crippen LogP contribution < -0.4 is 0 Å². The molecule has 0 bridgehead atoms. The van der Waals surface area contributed by atoms with Crippen molar-refractivity contribution in [3.8, 4) is 67.9 Å². The van der Waals surface area contributed by atoms with Crippen LogP contribution in [-0.2, 0) is 0 Å². The number of thiophene rings is 1. The first-order valence-corrected chi connectivity index (χ1v) is 17.9. The maximum Gasteiger partial charge on any atom is 0.227 e. The van der Waals surface area contributed by atoms with Crippen molar-refractivity contribution in [3.63, 3.8) is 0 Å². The van der Waals surface area contributed by atoms with Crippen LogP contribution in [0.3, 0.4) is 0 Å². The molecule has 0 saturated heterocycles. The molecule has 0 aliphatic heterocycles. The quantitative estimate of drug-likeness (QED) is 0.174. The van der Waals surface area contributed by atoms with E-state index in [9.17, 15) is 0 Å². The molecule has 0 radical (unpaired) electrons. The van der Waals surface area contributed by atoms with Crippen LogP contribution in [0.4, 0.5) is 0 Å². The van der Waals surface area contributed by atoms with Crippen molar-refractivity contribution in [1.29, 1.82) is 0 Å². The largest absolute Gasteiger partial charge is 0.435 e. The van der Waals surface area contributed by atoms with Gasteiger partial charge in [-0.2, -0.15) is 0 Å². The van der Waals surface area contributed by atoms with E-state index in [-0.39, 0.29) is 0 Å². The van der Waals surface area contributed by atoms with Crippen molar-refractivity contribution in [2.45, 2.75) is 0 Å². The van der Waals surface area contributed by atoms with Crippen molar-refractivity contribution in [2.24, 2.45) is 0 Å². The van der Waals surface area contributed by atoms with E-state index in [1.165, 1.54) is 9.40 Å². The molecular weight excluding hydrogens is 657 g/mol. The van der Waals surface area contributed by atoms with E-state index in [2.05, 4.69) is 103 Å². The lowest BCUT2D eigenvalue weighted by molar-refractivity contribution is 0.623. The van der Waals surface area contributed by atoms with E-state index in [1.807, 2.05) is 66.7 Å². The summed E-state index contributed by atoms with van der Waals surface area (Å²) in [5.41, 5.74) is 9.91. The van der Waals surface area contributed by atoms with E-state index in [0.717, 1.165) is 66.4 Å². The molecule has 0 amide bonds. The third-order valence-electron chi connectivity index (χ3n) is 9.36. The highest BCUT2D eigenvalue weighted by atomic mass is 32.1. The maximum atomic E-state index is 6.40. The van der Waals surface area contributed by atoms with Gasteiger partial charge in [-0.3, -0.25) is 0 Å². The summed E-state index contributed by atoms with van der Waals surface area (Å²) in [5, 5.41) is 2.27. The Morgan fingerprint density at radius 1 is 0.365 bits per heavy atom. The van der Waals surface area contributed by atoms with Gasteiger partial charge in [-0.05, 0) is 64.7 Å². The number of nitrogens with zero attached hydrogens (tertiary/aromatic N) is 4. The van der Waals surface area contributed by atoms with Gasteiger partial charge >= 0.3 is 0 Å². The van der Waals surface area contributed by atoms with Gasteiger partial charge in [0, 0.05) is 42.4 Å². The summed E-state index contributed by atoms with van der Waals surface area (Å²) in [6.45, 7) is 0. The third kappa shape index (κ3) is 5.43. The van der Waals surface area contributed by atoms with Gasteiger partial charge in [0.2, 0.25) is 5.89 Å². The lowest BCUT2D eigenvalue weighted by Crippen LogP contribution is -2.00. The maximum absolute atomic E-state index is 6.40. The Labute approximate surface area is 303 Å². The van der Waals surface area contributed by atoms with Crippen LogP contribution in [-0.4, -0.2) is 19.9 Å². The molecule has 3 aromatic heterocycles. The van der Waals surface area contributed by atoms with E-state index in [4.69, 9.17) is 24.4 Å². The molecule has 0 fully saturated rings. The van der Waals surface area contributed by atoms with Gasteiger partial charge < -0.3 is 4.42 Å². The summed E-state index contributed by atoms with van der Waals surface area (Å²) in [6, 6.07) is 58.2. The molecule has 0 atom stereocenters. The van der Waals surface area contributed by atoms with Gasteiger partial charge in [0.1, 0.15) is 5.52 Å². The number of fused-ring (bicyclic) bond motifs is 5. The minimum Gasteiger partial charge on any atom is -0.435 e. The predicted molar refractivity (Wildman–Crippen MR) is 213 cm³/mol. The number of rotatable bonds is 6. The van der Waals surface area contributed by atoms with E-state index >= 15 is 0 Å². The lowest BCUT2D eigenvalue weighted by atomic mass is 10.0. The molecule has 52 heavy (non-hydrogen) atoms. The molecular formula is C46H28N4OS. The summed E-state index contributed by atoms with van der Waals surface area (Å²) in [6.07, 6.45) is 0. The van der Waals surface area contributed by atoms with Crippen molar-refractivity contribution < 1.29 is 4.42 Å². The molecule has 0 N–H and O–H groups in total. The Morgan fingerprint density at radius 2 is 0.885 bits per heavy atom. The molecule has 7 aromatic carbocycles. The zero-order valence-corrected chi connectivity index (χ0v) is 28.6. The van der Waals surface area contributed by atoms with Crippen molar-refractivity contribution in [1.82, 2.24) is 19.9 Å². The molecule has 5 nitrogen and oxygen atoms in total. The highest BCUT2D eigenvalue weighted by Crippen LogP contribution is 2.41. The zero-order chi connectivity index (χ0) is 34.4. The van der Waals surface area contributed by atoms with E-state index < -0.39 is 0 Å². The van der Waals surface area contributed by atoms with Crippen LogP contribution in [0.5, 0.6) is 0 Å². The Kier molecular flexibility index (Phi) is 7.25. The van der Waals surface area contributed by atoms with Gasteiger partial charge in [-0.1, -0.05) is 127 Å². The predicted octanol–water partition coefficient (Wildman–Crippen LogP) is 12.4. The van der Waals surface area contributed by atoms with Crippen LogP contribution >= 0.6 is 11.3 Å². The van der Waals surface area contributed by atoms with Gasteiger partial charge in [0.25, 0.3) is 0 Å². The van der Waals surface area contributed by atoms with Crippen LogP contribution in [0.2, 0.25) is 0 Å². The second-order valence-electron chi connectivity index (χ2n) is 12.7. The minimum absolute atomic E-state index is 0.626. The first kappa shape index (κ1) is 30.1. The molecule has 10 rings (SSSR count). The number of aromatic nitrogens is 4. The Balaban J connectivity index is 1.06. The van der Waals surface area contributed by atoms with Crippen LogP contribution in [0.25, 0.3) is 99.1 Å². The molecule has 0 spiro atoms. The average Bonchev–Trinajstić information content (AvgIpc) is 3.83. The number of oxazole rings is 1. The number of hydrogen-bond donors (Lipinski definition) is 0. The number of hydrogen-bond acceptors (Lipinski definition) is 6. The normalized spacial score (nSPS) is 11.5. The van der Waals surface area contributed by atoms with Gasteiger partial charge in [-0.15, -0.1) is 11.3 Å². The SMILES string of the molecule is c1ccc(-c2cccc(-c3nc(-c4ccccc4)nc(-c4cccc(-c5ccc6c(c5)sc5ccc7nc(-c8ccccc8)oc7c56)c4)n3)c2)cc1. The Hall–Kier alpha value is -6.76. The van der Waals surface area contributed by atoms with Gasteiger partial charge in [-0.25, -0.2) is 19.9 Å². The minimum atomic E-state index is 0.626. The molecule has 3 heterocycles. The molecule has 0 aliphatic rings. The topological polar surface area (TPSA) is 64.7 Å². The first-order valence-electron chi connectivity index (χ1n) is 17.1. The smallest absolute Gasteiger partial charge is 0.227 e. The summed E-state index contributed by atoms with van der Waals surface area (Å²) in [7, 11) is 0. The first-order chi connectivity index (χ1) is 25.7. The van der Waals surface area contributed by atoms with E-state index in [1.54, 1.807) is 11.3 Å². The zero-order valence-electron chi connectivity index (χ0n) is 27.8. The fourth-order valence-electron chi connectivity index (χ4n) is 6.79. The van der Waals surface area contributed by atoms with Gasteiger partial charge in [0.05, 0.1) is 0 Å². The van der Waals surface area contributed by atoms with Gasteiger partial charge in [0.15, 0.2) is 23.1 Å². The highest BCUT2D eigenvalue weighted by Gasteiger charge is 2.17. The average molecular weight is 685 g/mol. The summed E-state index contributed by atoms with van der Waals surface area (Å²) >= 11 is 1.77. The molecule has 244 valence electrons. The fourth-order valence-corrected chi connectivity index (χ4v) is 7.93. The van der Waals surface area contributed by atoms with E-state index in [0.29, 0.717) is 23.4 Å². The fraction of sp³-hybridized carbons (Fsp3) is 0. The van der Waals surface area contributed by atoms with Crippen molar-refractivity contribution in [2.75, 3.05) is 0 Å². The van der Waals surface area contributed by atoms with Crippen molar-refractivity contribution in [3.05, 3.63) is 170 Å². The number of benzene rings is 7. The van der Waals surface area contributed by atoms with Crippen molar-refractivity contribution >= 4 is 42.6 Å². The lowest BCUT2D eigenvalue weighted by Gasteiger charge is -2.10. The summed E-state index contributed by atoms with van der Waals surface area (Å²) < 4.78 is 8.76. The molecule has 0 aliphatic carbocycles. The molecule has 0 unspecified atom stereocenters. The summed E-state index contributed by atoms with van der Waals surface area (Å²) in [4.78, 5) is 19.9. The molecule has 6 heteroatoms. The van der Waals surface area contributed by atoms with Crippen LogP contribution in [0, 0.1) is 0 Å².